The van der Waals surface area contributed by atoms with E-state index < -0.39 is 0 Å². The zero-order valence-electron chi connectivity index (χ0n) is 10.4. The molecule has 0 aliphatic heterocycles. The van der Waals surface area contributed by atoms with Crippen molar-refractivity contribution in [3.05, 3.63) is 0 Å². The van der Waals surface area contributed by atoms with Crippen molar-refractivity contribution < 1.29 is 4.79 Å². The molecule has 0 spiro atoms. The topological polar surface area (TPSA) is 58.4 Å². The summed E-state index contributed by atoms with van der Waals surface area (Å²) in [4.78, 5) is 13.7. The summed E-state index contributed by atoms with van der Waals surface area (Å²) in [6.07, 6.45) is 0.939. The summed E-state index contributed by atoms with van der Waals surface area (Å²) in [5, 5.41) is 2.68. The third kappa shape index (κ3) is 5.74. The molecule has 0 fully saturated rings. The summed E-state index contributed by atoms with van der Waals surface area (Å²) in [5.41, 5.74) is 5.49. The lowest BCUT2D eigenvalue weighted by molar-refractivity contribution is -0.125. The van der Waals surface area contributed by atoms with Crippen LogP contribution in [-0.4, -0.2) is 43.5 Å². The first-order chi connectivity index (χ1) is 7.02. The minimum absolute atomic E-state index is 0.0658. The number of nitrogens with zero attached hydrogens (tertiary/aromatic N) is 1. The first kappa shape index (κ1) is 14.4. The lowest BCUT2D eigenvalue weighted by Gasteiger charge is -2.29. The van der Waals surface area contributed by atoms with Crippen LogP contribution in [0.2, 0.25) is 0 Å². The number of carbonyl (C=O) groups excluding carboxylic acids is 1. The molecule has 1 unspecified atom stereocenters. The van der Waals surface area contributed by atoms with Crippen LogP contribution in [0.1, 0.15) is 27.2 Å². The molecule has 0 aliphatic rings. The fourth-order valence-corrected chi connectivity index (χ4v) is 1.58. The molecule has 0 aromatic rings. The average molecular weight is 215 g/mol. The van der Waals surface area contributed by atoms with Gasteiger partial charge in [-0.2, -0.15) is 0 Å². The van der Waals surface area contributed by atoms with E-state index in [-0.39, 0.29) is 11.9 Å². The molecule has 15 heavy (non-hydrogen) atoms. The van der Waals surface area contributed by atoms with Crippen LogP contribution in [0.3, 0.4) is 0 Å². The summed E-state index contributed by atoms with van der Waals surface area (Å²) in [6, 6.07) is -0.0658. The van der Waals surface area contributed by atoms with Gasteiger partial charge in [0, 0.05) is 20.1 Å². The molecule has 4 heteroatoms. The number of amides is 1. The van der Waals surface area contributed by atoms with Gasteiger partial charge in [-0.3, -0.25) is 9.69 Å². The van der Waals surface area contributed by atoms with E-state index in [0.717, 1.165) is 19.5 Å². The van der Waals surface area contributed by atoms with Gasteiger partial charge in [-0.25, -0.2) is 0 Å². The Morgan fingerprint density at radius 2 is 2.00 bits per heavy atom. The molecular formula is C11H25N3O. The van der Waals surface area contributed by atoms with E-state index in [9.17, 15) is 4.79 Å². The zero-order valence-corrected chi connectivity index (χ0v) is 10.4. The number of hydrogen-bond acceptors (Lipinski definition) is 3. The van der Waals surface area contributed by atoms with E-state index in [2.05, 4.69) is 24.1 Å². The fraction of sp³-hybridized carbons (Fsp3) is 0.909. The van der Waals surface area contributed by atoms with Crippen molar-refractivity contribution in [3.63, 3.8) is 0 Å². The van der Waals surface area contributed by atoms with E-state index in [4.69, 9.17) is 5.73 Å². The first-order valence-electron chi connectivity index (χ1n) is 5.68. The Morgan fingerprint density at radius 3 is 2.40 bits per heavy atom. The van der Waals surface area contributed by atoms with E-state index in [1.807, 2.05) is 6.92 Å². The number of hydrogen-bond donors (Lipinski definition) is 2. The van der Waals surface area contributed by atoms with Crippen LogP contribution < -0.4 is 11.1 Å². The third-order valence-electron chi connectivity index (χ3n) is 2.42. The molecular weight excluding hydrogens is 190 g/mol. The molecule has 0 saturated heterocycles. The van der Waals surface area contributed by atoms with E-state index in [1.54, 1.807) is 7.05 Å². The fourth-order valence-electron chi connectivity index (χ4n) is 1.58. The van der Waals surface area contributed by atoms with Gasteiger partial charge in [-0.1, -0.05) is 13.8 Å². The number of nitrogens with one attached hydrogen (secondary N) is 1. The van der Waals surface area contributed by atoms with Gasteiger partial charge < -0.3 is 11.1 Å². The monoisotopic (exact) mass is 215 g/mol. The van der Waals surface area contributed by atoms with Gasteiger partial charge in [0.25, 0.3) is 0 Å². The van der Waals surface area contributed by atoms with Crippen molar-refractivity contribution in [2.24, 2.45) is 11.7 Å². The molecule has 0 radical (unpaired) electrons. The summed E-state index contributed by atoms with van der Waals surface area (Å²) >= 11 is 0. The molecule has 0 aromatic heterocycles. The average Bonchev–Trinajstić information content (AvgIpc) is 2.21. The second kappa shape index (κ2) is 7.65. The SMILES string of the molecule is CNC(=O)C(C)N(CCCN)CC(C)C. The molecule has 4 nitrogen and oxygen atoms in total. The van der Waals surface area contributed by atoms with E-state index >= 15 is 0 Å². The normalized spacial score (nSPS) is 13.3. The van der Waals surface area contributed by atoms with Crippen LogP contribution in [0.25, 0.3) is 0 Å². The van der Waals surface area contributed by atoms with Gasteiger partial charge in [-0.15, -0.1) is 0 Å². The lowest BCUT2D eigenvalue weighted by atomic mass is 10.1. The maximum atomic E-state index is 11.5. The Hall–Kier alpha value is -0.610. The number of carbonyl (C=O) groups is 1. The minimum atomic E-state index is -0.0658. The molecule has 0 rings (SSSR count). The summed E-state index contributed by atoms with van der Waals surface area (Å²) in [5.74, 6) is 0.641. The van der Waals surface area contributed by atoms with E-state index in [0.29, 0.717) is 12.5 Å². The summed E-state index contributed by atoms with van der Waals surface area (Å²) in [6.45, 7) is 8.77. The molecule has 0 bridgehead atoms. The van der Waals surface area contributed by atoms with Gasteiger partial charge in [0.1, 0.15) is 0 Å². The Labute approximate surface area is 93.2 Å². The molecule has 0 aromatic carbocycles. The highest BCUT2D eigenvalue weighted by molar-refractivity contribution is 5.80. The molecule has 0 saturated carbocycles. The Kier molecular flexibility index (Phi) is 7.34. The van der Waals surface area contributed by atoms with Crippen molar-refractivity contribution >= 4 is 5.91 Å². The van der Waals surface area contributed by atoms with Crippen LogP contribution in [0.15, 0.2) is 0 Å². The predicted molar refractivity (Wildman–Crippen MR) is 63.6 cm³/mol. The highest BCUT2D eigenvalue weighted by atomic mass is 16.2. The van der Waals surface area contributed by atoms with Crippen molar-refractivity contribution in [2.45, 2.75) is 33.2 Å². The number of nitrogens with two attached hydrogens (primary N) is 1. The highest BCUT2D eigenvalue weighted by Gasteiger charge is 2.20. The number of likely N-dealkylation sites (N-methyl/N-ethyl adjacent to an activating group) is 1. The molecule has 0 heterocycles. The largest absolute Gasteiger partial charge is 0.358 e. The van der Waals surface area contributed by atoms with Crippen molar-refractivity contribution in [3.8, 4) is 0 Å². The van der Waals surface area contributed by atoms with Crippen molar-refractivity contribution in [1.29, 1.82) is 0 Å². The van der Waals surface area contributed by atoms with E-state index in [1.165, 1.54) is 0 Å². The Bertz CT molecular complexity index is 183. The van der Waals surface area contributed by atoms with Crippen LogP contribution in [0.4, 0.5) is 0 Å². The zero-order chi connectivity index (χ0) is 11.8. The smallest absolute Gasteiger partial charge is 0.236 e. The summed E-state index contributed by atoms with van der Waals surface area (Å²) in [7, 11) is 1.68. The summed E-state index contributed by atoms with van der Waals surface area (Å²) < 4.78 is 0. The lowest BCUT2D eigenvalue weighted by Crippen LogP contribution is -2.46. The van der Waals surface area contributed by atoms with Gasteiger partial charge in [0.05, 0.1) is 6.04 Å². The Morgan fingerprint density at radius 1 is 1.40 bits per heavy atom. The Balaban J connectivity index is 4.25. The van der Waals surface area contributed by atoms with Crippen molar-refractivity contribution in [2.75, 3.05) is 26.7 Å². The molecule has 1 amide bonds. The van der Waals surface area contributed by atoms with Gasteiger partial charge in [0.15, 0.2) is 0 Å². The molecule has 1 atom stereocenters. The molecule has 90 valence electrons. The second-order valence-electron chi connectivity index (χ2n) is 4.32. The van der Waals surface area contributed by atoms with Gasteiger partial charge in [0.2, 0.25) is 5.91 Å². The van der Waals surface area contributed by atoms with Gasteiger partial charge >= 0.3 is 0 Å². The molecule has 0 aliphatic carbocycles. The maximum Gasteiger partial charge on any atom is 0.236 e. The van der Waals surface area contributed by atoms with Crippen LogP contribution in [-0.2, 0) is 4.79 Å². The highest BCUT2D eigenvalue weighted by Crippen LogP contribution is 2.05. The van der Waals surface area contributed by atoms with Crippen molar-refractivity contribution in [1.82, 2.24) is 10.2 Å². The predicted octanol–water partition coefficient (Wildman–Crippen LogP) is 0.428. The quantitative estimate of drug-likeness (QED) is 0.647. The molecule has 3 N–H and O–H groups in total. The maximum absolute atomic E-state index is 11.5. The van der Waals surface area contributed by atoms with Gasteiger partial charge in [-0.05, 0) is 25.8 Å². The first-order valence-corrected chi connectivity index (χ1v) is 5.68. The van der Waals surface area contributed by atoms with Crippen LogP contribution in [0, 0.1) is 5.92 Å². The standard InChI is InChI=1S/C11H25N3O/c1-9(2)8-14(7-5-6-12)10(3)11(15)13-4/h9-10H,5-8,12H2,1-4H3,(H,13,15). The van der Waals surface area contributed by atoms with Crippen LogP contribution >= 0.6 is 0 Å². The second-order valence-corrected chi connectivity index (χ2v) is 4.32. The minimum Gasteiger partial charge on any atom is -0.358 e. The van der Waals surface area contributed by atoms with Crippen LogP contribution in [0.5, 0.6) is 0 Å². The third-order valence-corrected chi connectivity index (χ3v) is 2.42. The number of rotatable bonds is 7.